The second-order valence-corrected chi connectivity index (χ2v) is 2.43. The van der Waals surface area contributed by atoms with Crippen molar-refractivity contribution in [2.45, 2.75) is 32.0 Å². The fraction of sp³-hybridized carbons (Fsp3) is 0.833. The Balaban J connectivity index is 2.52. The summed E-state index contributed by atoms with van der Waals surface area (Å²) in [6.07, 6.45) is 0.720. The van der Waals surface area contributed by atoms with E-state index in [1.807, 2.05) is 6.92 Å². The van der Waals surface area contributed by atoms with Crippen molar-refractivity contribution in [1.29, 1.82) is 0 Å². The normalized spacial score (nSPS) is 40.4. The molecule has 1 N–H and O–H groups in total. The highest BCUT2D eigenvalue weighted by molar-refractivity contribution is 5.80. The number of hydrogen-bond donors (Lipinski definition) is 1. The smallest absolute Gasteiger partial charge is 0.338 e. The van der Waals surface area contributed by atoms with E-state index in [4.69, 9.17) is 9.84 Å². The van der Waals surface area contributed by atoms with Crippen LogP contribution in [0.4, 0.5) is 0 Å². The zero-order valence-electron chi connectivity index (χ0n) is 5.55. The van der Waals surface area contributed by atoms with Gasteiger partial charge in [0.15, 0.2) is 5.60 Å². The Labute approximate surface area is 53.6 Å². The van der Waals surface area contributed by atoms with Gasteiger partial charge in [0.2, 0.25) is 0 Å². The second kappa shape index (κ2) is 1.70. The average Bonchev–Trinajstić information content (AvgIpc) is 2.44. The number of ether oxygens (including phenoxy) is 1. The van der Waals surface area contributed by atoms with E-state index < -0.39 is 11.6 Å². The molecule has 0 spiro atoms. The van der Waals surface area contributed by atoms with E-state index in [9.17, 15) is 4.79 Å². The summed E-state index contributed by atoms with van der Waals surface area (Å²) < 4.78 is 4.92. The zero-order chi connectivity index (χ0) is 7.07. The third-order valence-corrected chi connectivity index (χ3v) is 1.74. The molecule has 0 aliphatic carbocycles. The van der Waals surface area contributed by atoms with Crippen molar-refractivity contribution in [3.63, 3.8) is 0 Å². The van der Waals surface area contributed by atoms with Gasteiger partial charge in [0.25, 0.3) is 0 Å². The zero-order valence-corrected chi connectivity index (χ0v) is 5.55. The van der Waals surface area contributed by atoms with Crippen LogP contribution in [0.2, 0.25) is 0 Å². The molecule has 0 aromatic heterocycles. The molecule has 0 saturated carbocycles. The summed E-state index contributed by atoms with van der Waals surface area (Å²) in [5, 5.41) is 8.49. The second-order valence-electron chi connectivity index (χ2n) is 2.43. The van der Waals surface area contributed by atoms with Gasteiger partial charge < -0.3 is 9.84 Å². The van der Waals surface area contributed by atoms with Crippen LogP contribution in [0.5, 0.6) is 0 Å². The van der Waals surface area contributed by atoms with Gasteiger partial charge in [-0.1, -0.05) is 6.92 Å². The van der Waals surface area contributed by atoms with E-state index in [-0.39, 0.29) is 6.10 Å². The van der Waals surface area contributed by atoms with Gasteiger partial charge in [-0.25, -0.2) is 4.79 Å². The highest BCUT2D eigenvalue weighted by Crippen LogP contribution is 2.38. The van der Waals surface area contributed by atoms with E-state index >= 15 is 0 Å². The first-order valence-corrected chi connectivity index (χ1v) is 3.02. The molecule has 0 amide bonds. The fourth-order valence-electron chi connectivity index (χ4n) is 0.922. The summed E-state index contributed by atoms with van der Waals surface area (Å²) in [4.78, 5) is 10.3. The molecule has 1 saturated heterocycles. The minimum atomic E-state index is -0.866. The molecule has 3 heteroatoms. The molecule has 3 nitrogen and oxygen atoms in total. The number of carboxylic acid groups (broad SMARTS) is 1. The Bertz CT molecular complexity index is 143. The van der Waals surface area contributed by atoms with Crippen molar-refractivity contribution in [2.24, 2.45) is 0 Å². The van der Waals surface area contributed by atoms with Crippen molar-refractivity contribution in [3.8, 4) is 0 Å². The van der Waals surface area contributed by atoms with Crippen LogP contribution in [0.3, 0.4) is 0 Å². The maximum Gasteiger partial charge on any atom is 0.338 e. The SMILES string of the molecule is CC[C@H]1O[C@]1(C)C(=O)O. The van der Waals surface area contributed by atoms with Crippen molar-refractivity contribution >= 4 is 5.97 Å². The largest absolute Gasteiger partial charge is 0.479 e. The van der Waals surface area contributed by atoms with Crippen molar-refractivity contribution in [3.05, 3.63) is 0 Å². The topological polar surface area (TPSA) is 49.8 Å². The van der Waals surface area contributed by atoms with Gasteiger partial charge in [-0.3, -0.25) is 0 Å². The first-order chi connectivity index (χ1) is 4.11. The number of hydrogen-bond acceptors (Lipinski definition) is 2. The summed E-state index contributed by atoms with van der Waals surface area (Å²) in [6, 6.07) is 0. The number of carboxylic acids is 1. The first kappa shape index (κ1) is 6.55. The van der Waals surface area contributed by atoms with Gasteiger partial charge in [0, 0.05) is 0 Å². The lowest BCUT2D eigenvalue weighted by Crippen LogP contribution is -2.22. The highest BCUT2D eigenvalue weighted by atomic mass is 16.6. The molecular weight excluding hydrogens is 120 g/mol. The molecular formula is C6H10O3. The van der Waals surface area contributed by atoms with E-state index in [1.54, 1.807) is 6.92 Å². The lowest BCUT2D eigenvalue weighted by Gasteiger charge is -1.94. The monoisotopic (exact) mass is 130 g/mol. The molecule has 1 aliphatic rings. The molecule has 1 heterocycles. The van der Waals surface area contributed by atoms with Crippen LogP contribution < -0.4 is 0 Å². The third kappa shape index (κ3) is 0.812. The maximum atomic E-state index is 10.3. The van der Waals surface area contributed by atoms with Crippen LogP contribution in [0.1, 0.15) is 20.3 Å². The molecule has 0 unspecified atom stereocenters. The van der Waals surface area contributed by atoms with Gasteiger partial charge in [-0.2, -0.15) is 0 Å². The van der Waals surface area contributed by atoms with Crippen LogP contribution in [-0.2, 0) is 9.53 Å². The Hall–Kier alpha value is -0.570. The van der Waals surface area contributed by atoms with E-state index in [0.29, 0.717) is 0 Å². The van der Waals surface area contributed by atoms with Crippen LogP contribution in [-0.4, -0.2) is 22.8 Å². The number of rotatable bonds is 2. The van der Waals surface area contributed by atoms with Gasteiger partial charge in [0.1, 0.15) is 0 Å². The third-order valence-electron chi connectivity index (χ3n) is 1.74. The predicted molar refractivity (Wildman–Crippen MR) is 31.2 cm³/mol. The van der Waals surface area contributed by atoms with Crippen molar-refractivity contribution < 1.29 is 14.6 Å². The molecule has 0 aromatic rings. The Morgan fingerprint density at radius 2 is 2.44 bits per heavy atom. The molecule has 0 aromatic carbocycles. The predicted octanol–water partition coefficient (Wildman–Crippen LogP) is 0.639. The van der Waals surface area contributed by atoms with Crippen LogP contribution in [0, 0.1) is 0 Å². The van der Waals surface area contributed by atoms with Gasteiger partial charge in [-0.15, -0.1) is 0 Å². The lowest BCUT2D eigenvalue weighted by atomic mass is 10.1. The van der Waals surface area contributed by atoms with Crippen LogP contribution >= 0.6 is 0 Å². The summed E-state index contributed by atoms with van der Waals surface area (Å²) in [5.74, 6) is -0.852. The van der Waals surface area contributed by atoms with E-state index in [2.05, 4.69) is 0 Å². The summed E-state index contributed by atoms with van der Waals surface area (Å²) >= 11 is 0. The molecule has 52 valence electrons. The first-order valence-electron chi connectivity index (χ1n) is 3.02. The van der Waals surface area contributed by atoms with Crippen molar-refractivity contribution in [1.82, 2.24) is 0 Å². The Morgan fingerprint density at radius 1 is 1.89 bits per heavy atom. The minimum Gasteiger partial charge on any atom is -0.479 e. The minimum absolute atomic E-state index is 0.0602. The van der Waals surface area contributed by atoms with Crippen molar-refractivity contribution in [2.75, 3.05) is 0 Å². The Morgan fingerprint density at radius 3 is 2.56 bits per heavy atom. The summed E-state index contributed by atoms with van der Waals surface area (Å²) in [6.45, 7) is 3.52. The van der Waals surface area contributed by atoms with Crippen LogP contribution in [0.25, 0.3) is 0 Å². The Kier molecular flexibility index (Phi) is 1.24. The molecule has 1 aliphatic heterocycles. The molecule has 0 bridgehead atoms. The number of carbonyl (C=O) groups is 1. The summed E-state index contributed by atoms with van der Waals surface area (Å²) in [7, 11) is 0. The average molecular weight is 130 g/mol. The number of aliphatic carboxylic acids is 1. The standard InChI is InChI=1S/C6H10O3/c1-3-4-6(2,9-4)5(7)8/h4H,3H2,1-2H3,(H,7,8)/t4-,6+/m1/s1. The van der Waals surface area contributed by atoms with Crippen LogP contribution in [0.15, 0.2) is 0 Å². The maximum absolute atomic E-state index is 10.3. The molecule has 0 radical (unpaired) electrons. The molecule has 1 rings (SSSR count). The van der Waals surface area contributed by atoms with Gasteiger partial charge in [0.05, 0.1) is 6.10 Å². The summed E-state index contributed by atoms with van der Waals surface area (Å²) in [5.41, 5.74) is -0.866. The quantitative estimate of drug-likeness (QED) is 0.558. The van der Waals surface area contributed by atoms with Gasteiger partial charge >= 0.3 is 5.97 Å². The number of epoxide rings is 1. The molecule has 2 atom stereocenters. The van der Waals surface area contributed by atoms with Gasteiger partial charge in [-0.05, 0) is 13.3 Å². The van der Waals surface area contributed by atoms with E-state index in [0.717, 1.165) is 6.42 Å². The lowest BCUT2D eigenvalue weighted by molar-refractivity contribution is -0.142. The van der Waals surface area contributed by atoms with E-state index in [1.165, 1.54) is 0 Å². The molecule has 1 fully saturated rings. The highest BCUT2D eigenvalue weighted by Gasteiger charge is 2.57. The molecule has 9 heavy (non-hydrogen) atoms. The fourth-order valence-corrected chi connectivity index (χ4v) is 0.922.